The molecule has 1 N–H and O–H groups in total. The van der Waals surface area contributed by atoms with Crippen molar-refractivity contribution in [3.63, 3.8) is 0 Å². The Labute approximate surface area is 188 Å². The van der Waals surface area contributed by atoms with Gasteiger partial charge in [0.1, 0.15) is 29.1 Å². The van der Waals surface area contributed by atoms with Crippen molar-refractivity contribution < 1.29 is 18.7 Å². The van der Waals surface area contributed by atoms with Crippen LogP contribution < -0.4 is 10.1 Å². The van der Waals surface area contributed by atoms with Crippen LogP contribution in [0.2, 0.25) is 0 Å². The standard InChI is InChI=1S/C22H22FN5O3S/c1-12-16-21(31-4)25-15(11-30-3)26-22(16)32-18(12)20(29)27-17(19-24-9-10-28(19)2)13-5-7-14(23)8-6-13/h5-10,17H,11H2,1-4H3,(H,27,29). The minimum absolute atomic E-state index is 0.233. The fourth-order valence-corrected chi connectivity index (χ4v) is 4.60. The number of methoxy groups -OCH3 is 2. The number of imidazole rings is 1. The summed E-state index contributed by atoms with van der Waals surface area (Å²) >= 11 is 1.26. The Morgan fingerprint density at radius 3 is 2.62 bits per heavy atom. The maximum absolute atomic E-state index is 13.5. The number of thiophene rings is 1. The zero-order chi connectivity index (χ0) is 22.8. The van der Waals surface area contributed by atoms with Gasteiger partial charge in [-0.2, -0.15) is 4.98 Å². The highest BCUT2D eigenvalue weighted by Gasteiger charge is 2.26. The monoisotopic (exact) mass is 455 g/mol. The third-order valence-electron chi connectivity index (χ3n) is 5.07. The maximum Gasteiger partial charge on any atom is 0.262 e. The van der Waals surface area contributed by atoms with Crippen LogP contribution in [0, 0.1) is 12.7 Å². The number of nitrogens with one attached hydrogen (secondary N) is 1. The van der Waals surface area contributed by atoms with Gasteiger partial charge in [-0.1, -0.05) is 12.1 Å². The molecule has 3 aromatic heterocycles. The van der Waals surface area contributed by atoms with Crippen molar-refractivity contribution >= 4 is 27.5 Å². The fourth-order valence-electron chi connectivity index (χ4n) is 3.51. The van der Waals surface area contributed by atoms with Crippen molar-refractivity contribution in [3.05, 3.63) is 70.1 Å². The van der Waals surface area contributed by atoms with Crippen LogP contribution in [0.3, 0.4) is 0 Å². The Hall–Kier alpha value is -3.37. The van der Waals surface area contributed by atoms with Crippen LogP contribution in [-0.2, 0) is 18.4 Å². The number of halogens is 1. The number of benzene rings is 1. The first kappa shape index (κ1) is 21.8. The molecule has 0 fully saturated rings. The molecule has 0 saturated carbocycles. The summed E-state index contributed by atoms with van der Waals surface area (Å²) in [4.78, 5) is 27.8. The number of carbonyl (C=O) groups is 1. The summed E-state index contributed by atoms with van der Waals surface area (Å²) in [5.41, 5.74) is 1.44. The number of amides is 1. The number of hydrogen-bond donors (Lipinski definition) is 1. The molecule has 10 heteroatoms. The first-order chi connectivity index (χ1) is 15.4. The predicted molar refractivity (Wildman–Crippen MR) is 118 cm³/mol. The van der Waals surface area contributed by atoms with Crippen LogP contribution >= 0.6 is 11.3 Å². The topological polar surface area (TPSA) is 91.2 Å². The Morgan fingerprint density at radius 1 is 1.25 bits per heavy atom. The van der Waals surface area contributed by atoms with E-state index in [0.717, 1.165) is 5.56 Å². The highest BCUT2D eigenvalue weighted by molar-refractivity contribution is 7.20. The lowest BCUT2D eigenvalue weighted by molar-refractivity contribution is 0.0945. The van der Waals surface area contributed by atoms with E-state index >= 15 is 0 Å². The van der Waals surface area contributed by atoms with Gasteiger partial charge in [-0.15, -0.1) is 11.3 Å². The molecule has 32 heavy (non-hydrogen) atoms. The zero-order valence-electron chi connectivity index (χ0n) is 18.0. The number of ether oxygens (including phenoxy) is 2. The van der Waals surface area contributed by atoms with Gasteiger partial charge in [0.25, 0.3) is 5.91 Å². The Bertz CT molecular complexity index is 1270. The predicted octanol–water partition coefficient (Wildman–Crippen LogP) is 3.55. The fraction of sp³-hybridized carbons (Fsp3) is 0.273. The summed E-state index contributed by atoms with van der Waals surface area (Å²) in [5, 5.41) is 3.74. The first-order valence-electron chi connectivity index (χ1n) is 9.79. The summed E-state index contributed by atoms with van der Waals surface area (Å²) in [5.74, 6) is 0.856. The number of aromatic nitrogens is 4. The van der Waals surface area contributed by atoms with E-state index in [4.69, 9.17) is 9.47 Å². The molecule has 0 radical (unpaired) electrons. The van der Waals surface area contributed by atoms with Crippen LogP contribution in [0.1, 0.15) is 38.5 Å². The number of rotatable bonds is 7. The van der Waals surface area contributed by atoms with E-state index in [1.807, 2.05) is 18.5 Å². The van der Waals surface area contributed by atoms with E-state index < -0.39 is 6.04 Å². The van der Waals surface area contributed by atoms with Crippen molar-refractivity contribution in [2.45, 2.75) is 19.6 Å². The first-order valence-corrected chi connectivity index (χ1v) is 10.6. The maximum atomic E-state index is 13.5. The van der Waals surface area contributed by atoms with E-state index in [-0.39, 0.29) is 18.3 Å². The molecule has 8 nitrogen and oxygen atoms in total. The molecule has 0 saturated heterocycles. The second-order valence-corrected chi connectivity index (χ2v) is 8.17. The van der Waals surface area contributed by atoms with Gasteiger partial charge in [0.15, 0.2) is 5.82 Å². The summed E-state index contributed by atoms with van der Waals surface area (Å²) < 4.78 is 25.9. The molecule has 1 amide bonds. The van der Waals surface area contributed by atoms with E-state index in [9.17, 15) is 9.18 Å². The third-order valence-corrected chi connectivity index (χ3v) is 6.26. The zero-order valence-corrected chi connectivity index (χ0v) is 18.9. The Morgan fingerprint density at radius 2 is 2.00 bits per heavy atom. The van der Waals surface area contributed by atoms with E-state index in [0.29, 0.717) is 38.2 Å². The van der Waals surface area contributed by atoms with Crippen LogP contribution in [-0.4, -0.2) is 39.6 Å². The molecule has 166 valence electrons. The lowest BCUT2D eigenvalue weighted by atomic mass is 10.1. The Kier molecular flexibility index (Phi) is 6.15. The molecule has 0 spiro atoms. The number of hydrogen-bond acceptors (Lipinski definition) is 7. The van der Waals surface area contributed by atoms with Gasteiger partial charge in [-0.25, -0.2) is 14.4 Å². The molecular weight excluding hydrogens is 433 g/mol. The molecule has 0 aliphatic heterocycles. The second-order valence-electron chi connectivity index (χ2n) is 7.17. The van der Waals surface area contributed by atoms with Gasteiger partial charge in [0.2, 0.25) is 5.88 Å². The minimum atomic E-state index is -0.565. The quantitative estimate of drug-likeness (QED) is 0.458. The Balaban J connectivity index is 1.74. The van der Waals surface area contributed by atoms with Crippen molar-refractivity contribution in [2.24, 2.45) is 7.05 Å². The van der Waals surface area contributed by atoms with E-state index in [1.54, 1.807) is 31.6 Å². The van der Waals surface area contributed by atoms with Gasteiger partial charge in [-0.05, 0) is 30.2 Å². The molecule has 0 bridgehead atoms. The molecule has 1 aromatic carbocycles. The molecule has 4 rings (SSSR count). The summed E-state index contributed by atoms with van der Waals surface area (Å²) in [6.07, 6.45) is 3.45. The van der Waals surface area contributed by atoms with Crippen molar-refractivity contribution in [2.75, 3.05) is 14.2 Å². The number of aryl methyl sites for hydroxylation is 2. The van der Waals surface area contributed by atoms with Crippen molar-refractivity contribution in [1.29, 1.82) is 0 Å². The van der Waals surface area contributed by atoms with E-state index in [1.165, 1.54) is 30.6 Å². The van der Waals surface area contributed by atoms with Crippen LogP contribution in [0.4, 0.5) is 4.39 Å². The summed E-state index contributed by atoms with van der Waals surface area (Å²) in [6.45, 7) is 2.07. The van der Waals surface area contributed by atoms with Gasteiger partial charge >= 0.3 is 0 Å². The summed E-state index contributed by atoms with van der Waals surface area (Å²) in [7, 11) is 4.93. The number of carbonyl (C=O) groups excluding carboxylic acids is 1. The van der Waals surface area contributed by atoms with Gasteiger partial charge in [0, 0.05) is 26.6 Å². The molecular formula is C22H22FN5O3S. The van der Waals surface area contributed by atoms with Crippen molar-refractivity contribution in [3.8, 4) is 5.88 Å². The average Bonchev–Trinajstić information content (AvgIpc) is 3.35. The van der Waals surface area contributed by atoms with Crippen LogP contribution in [0.15, 0.2) is 36.7 Å². The lowest BCUT2D eigenvalue weighted by Crippen LogP contribution is -2.31. The van der Waals surface area contributed by atoms with Crippen LogP contribution in [0.25, 0.3) is 10.2 Å². The van der Waals surface area contributed by atoms with Crippen LogP contribution in [0.5, 0.6) is 5.88 Å². The molecule has 0 aliphatic rings. The molecule has 4 aromatic rings. The normalized spacial score (nSPS) is 12.2. The van der Waals surface area contributed by atoms with Gasteiger partial charge in [-0.3, -0.25) is 4.79 Å². The largest absolute Gasteiger partial charge is 0.480 e. The number of fused-ring (bicyclic) bond motifs is 1. The second kappa shape index (κ2) is 9.01. The minimum Gasteiger partial charge on any atom is -0.480 e. The lowest BCUT2D eigenvalue weighted by Gasteiger charge is -2.19. The van der Waals surface area contributed by atoms with Crippen molar-refractivity contribution in [1.82, 2.24) is 24.8 Å². The molecule has 3 heterocycles. The smallest absolute Gasteiger partial charge is 0.262 e. The summed E-state index contributed by atoms with van der Waals surface area (Å²) in [6, 6.07) is 5.43. The average molecular weight is 456 g/mol. The molecule has 0 aliphatic carbocycles. The number of nitrogens with zero attached hydrogens (tertiary/aromatic N) is 4. The van der Waals surface area contributed by atoms with Gasteiger partial charge in [0.05, 0.1) is 17.4 Å². The SMILES string of the molecule is COCc1nc(OC)c2c(C)c(C(=O)NC(c3ccc(F)cc3)c3nccn3C)sc2n1. The van der Waals surface area contributed by atoms with Gasteiger partial charge < -0.3 is 19.4 Å². The third kappa shape index (κ3) is 4.06. The highest BCUT2D eigenvalue weighted by atomic mass is 32.1. The molecule has 1 atom stereocenters. The molecule has 1 unspecified atom stereocenters. The highest BCUT2D eigenvalue weighted by Crippen LogP contribution is 2.35. The van der Waals surface area contributed by atoms with E-state index in [2.05, 4.69) is 20.3 Å².